The Bertz CT molecular complexity index is 129. The fraction of sp³-hybridized carbons (Fsp3) is 0.833. The molecule has 0 aromatic carbocycles. The van der Waals surface area contributed by atoms with Gasteiger partial charge in [-0.05, 0) is 0 Å². The van der Waals surface area contributed by atoms with Crippen LogP contribution in [-0.4, -0.2) is 20.9 Å². The Hall–Kier alpha value is -0.0105. The predicted octanol–water partition coefficient (Wildman–Crippen LogP) is 0.567. The molecule has 1 aliphatic rings. The van der Waals surface area contributed by atoms with Crippen molar-refractivity contribution in [3.63, 3.8) is 0 Å². The van der Waals surface area contributed by atoms with E-state index in [1.807, 2.05) is 6.92 Å². The average molecular weight is 192 g/mol. The topological polar surface area (TPSA) is 43.1 Å². The van der Waals surface area contributed by atoms with Crippen molar-refractivity contribution in [3.8, 4) is 0 Å². The van der Waals surface area contributed by atoms with Gasteiger partial charge in [0.05, 0.1) is 0 Å². The van der Waals surface area contributed by atoms with E-state index in [0.717, 1.165) is 6.42 Å². The van der Waals surface area contributed by atoms with Crippen LogP contribution >= 0.6 is 0 Å². The molecule has 1 saturated heterocycles. The Morgan fingerprint density at radius 3 is 2.67 bits per heavy atom. The Balaban J connectivity index is 2.61. The molecular formula is C6H11NOSe. The molecule has 0 aromatic rings. The van der Waals surface area contributed by atoms with E-state index < -0.39 is 0 Å². The summed E-state index contributed by atoms with van der Waals surface area (Å²) in [6.07, 6.45) is 2.21. The van der Waals surface area contributed by atoms with Gasteiger partial charge in [-0.1, -0.05) is 0 Å². The summed E-state index contributed by atoms with van der Waals surface area (Å²) in [4.78, 5) is 10.8. The van der Waals surface area contributed by atoms with Gasteiger partial charge in [0.25, 0.3) is 0 Å². The number of nitrogens with two attached hydrogens (primary N) is 1. The van der Waals surface area contributed by atoms with Crippen molar-refractivity contribution in [1.82, 2.24) is 0 Å². The van der Waals surface area contributed by atoms with E-state index in [-0.39, 0.29) is 10.2 Å². The van der Waals surface area contributed by atoms with Gasteiger partial charge in [0.15, 0.2) is 0 Å². The molecule has 1 heterocycles. The van der Waals surface area contributed by atoms with Crippen molar-refractivity contribution in [2.75, 3.05) is 0 Å². The molecule has 52 valence electrons. The van der Waals surface area contributed by atoms with E-state index in [1.54, 1.807) is 0 Å². The number of rotatable bonds is 1. The molecule has 3 heteroatoms. The van der Waals surface area contributed by atoms with E-state index >= 15 is 0 Å². The summed E-state index contributed by atoms with van der Waals surface area (Å²) in [6.45, 7) is 1.99. The van der Waals surface area contributed by atoms with Crippen molar-refractivity contribution in [1.29, 1.82) is 0 Å². The van der Waals surface area contributed by atoms with Crippen LogP contribution in [0.15, 0.2) is 0 Å². The van der Waals surface area contributed by atoms with Crippen molar-refractivity contribution >= 4 is 20.9 Å². The summed E-state index contributed by atoms with van der Waals surface area (Å²) in [5.41, 5.74) is 5.21. The summed E-state index contributed by atoms with van der Waals surface area (Å²) in [5.74, 6) is -0.0972. The number of carbonyl (C=O) groups is 1. The van der Waals surface area contributed by atoms with Gasteiger partial charge in [-0.25, -0.2) is 0 Å². The zero-order chi connectivity index (χ0) is 6.91. The molecular weight excluding hydrogens is 181 g/mol. The summed E-state index contributed by atoms with van der Waals surface area (Å²) in [7, 11) is 0. The van der Waals surface area contributed by atoms with Crippen LogP contribution in [-0.2, 0) is 4.79 Å². The quantitative estimate of drug-likeness (QED) is 0.606. The Kier molecular flexibility index (Phi) is 1.83. The fourth-order valence-corrected chi connectivity index (χ4v) is 3.43. The molecule has 0 spiro atoms. The van der Waals surface area contributed by atoms with Crippen LogP contribution in [0.25, 0.3) is 0 Å². The molecule has 0 saturated carbocycles. The summed E-state index contributed by atoms with van der Waals surface area (Å²) >= 11 is 0.471. The second-order valence-electron chi connectivity index (χ2n) is 2.55. The Morgan fingerprint density at radius 2 is 2.44 bits per heavy atom. The van der Waals surface area contributed by atoms with Gasteiger partial charge in [0, 0.05) is 0 Å². The van der Waals surface area contributed by atoms with Crippen molar-refractivity contribution in [2.45, 2.75) is 29.4 Å². The first kappa shape index (κ1) is 7.10. The maximum absolute atomic E-state index is 10.8. The number of carbonyl (C=O) groups excluding carboxylic acids is 1. The molecule has 0 aromatic heterocycles. The maximum atomic E-state index is 10.8. The monoisotopic (exact) mass is 193 g/mol. The molecule has 1 amide bonds. The zero-order valence-corrected chi connectivity index (χ0v) is 7.23. The zero-order valence-electron chi connectivity index (χ0n) is 5.52. The Labute approximate surface area is 61.3 Å². The normalized spacial score (nSPS) is 34.8. The third-order valence-electron chi connectivity index (χ3n) is 1.74. The fourth-order valence-electron chi connectivity index (χ4n) is 0.973. The third kappa shape index (κ3) is 1.28. The van der Waals surface area contributed by atoms with E-state index in [9.17, 15) is 4.79 Å². The van der Waals surface area contributed by atoms with Crippen molar-refractivity contribution in [3.05, 3.63) is 0 Å². The van der Waals surface area contributed by atoms with Gasteiger partial charge < -0.3 is 0 Å². The number of amides is 1. The minimum atomic E-state index is -0.104. The van der Waals surface area contributed by atoms with Crippen LogP contribution < -0.4 is 5.73 Å². The first-order chi connectivity index (χ1) is 4.15. The molecule has 2 nitrogen and oxygen atoms in total. The van der Waals surface area contributed by atoms with E-state index in [1.165, 1.54) is 11.7 Å². The van der Waals surface area contributed by atoms with Crippen LogP contribution in [0, 0.1) is 0 Å². The third-order valence-corrected chi connectivity index (χ3v) is 4.96. The van der Waals surface area contributed by atoms with E-state index in [2.05, 4.69) is 0 Å². The SMILES string of the molecule is CC1(C(N)=O)CCC[Se]1. The van der Waals surface area contributed by atoms with Gasteiger partial charge in [-0.3, -0.25) is 0 Å². The first-order valence-corrected chi connectivity index (χ1v) is 5.16. The first-order valence-electron chi connectivity index (χ1n) is 3.09. The van der Waals surface area contributed by atoms with Crippen LogP contribution in [0.2, 0.25) is 9.63 Å². The van der Waals surface area contributed by atoms with Crippen LogP contribution in [0.1, 0.15) is 19.8 Å². The number of hydrogen-bond acceptors (Lipinski definition) is 1. The van der Waals surface area contributed by atoms with Gasteiger partial charge >= 0.3 is 60.8 Å². The molecule has 0 aliphatic carbocycles. The molecule has 0 bridgehead atoms. The number of primary amides is 1. The molecule has 1 aliphatic heterocycles. The molecule has 1 rings (SSSR count). The van der Waals surface area contributed by atoms with E-state index in [4.69, 9.17) is 5.73 Å². The van der Waals surface area contributed by atoms with Gasteiger partial charge in [0.2, 0.25) is 0 Å². The van der Waals surface area contributed by atoms with Crippen molar-refractivity contribution < 1.29 is 4.79 Å². The standard InChI is InChI=1S/C6H11NOSe/c1-6(5(7)8)3-2-4-9-6/h2-4H2,1H3,(H2,7,8). The summed E-state index contributed by atoms with van der Waals surface area (Å²) < 4.78 is -0.104. The second kappa shape index (κ2) is 2.31. The molecule has 0 radical (unpaired) electrons. The van der Waals surface area contributed by atoms with Crippen LogP contribution in [0.3, 0.4) is 0 Å². The Morgan fingerprint density at radius 1 is 1.78 bits per heavy atom. The summed E-state index contributed by atoms with van der Waals surface area (Å²) in [5, 5.41) is 1.23. The van der Waals surface area contributed by atoms with Crippen LogP contribution in [0.4, 0.5) is 0 Å². The molecule has 1 unspecified atom stereocenters. The van der Waals surface area contributed by atoms with Gasteiger partial charge in [-0.15, -0.1) is 0 Å². The average Bonchev–Trinajstić information content (AvgIpc) is 2.16. The van der Waals surface area contributed by atoms with E-state index in [0.29, 0.717) is 15.0 Å². The van der Waals surface area contributed by atoms with Crippen LogP contribution in [0.5, 0.6) is 0 Å². The molecule has 2 N–H and O–H groups in total. The second-order valence-corrected chi connectivity index (χ2v) is 5.90. The molecule has 9 heavy (non-hydrogen) atoms. The molecule has 1 atom stereocenters. The summed E-state index contributed by atoms with van der Waals surface area (Å²) in [6, 6.07) is 0. The van der Waals surface area contributed by atoms with Gasteiger partial charge in [-0.2, -0.15) is 0 Å². The minimum absolute atomic E-state index is 0.0972. The van der Waals surface area contributed by atoms with Gasteiger partial charge in [0.1, 0.15) is 0 Å². The van der Waals surface area contributed by atoms with Crippen molar-refractivity contribution in [2.24, 2.45) is 5.73 Å². The predicted molar refractivity (Wildman–Crippen MR) is 37.4 cm³/mol. The number of hydrogen-bond donors (Lipinski definition) is 1. The molecule has 1 fully saturated rings.